The number of nitrogens with one attached hydrogen (secondary N) is 1. The van der Waals surface area contributed by atoms with Crippen LogP contribution in [0.3, 0.4) is 0 Å². The molecule has 0 aliphatic heterocycles. The monoisotopic (exact) mass is 329 g/mol. The standard InChI is InChI=1S/C13H16Cl2F3NO/c1-19-10(5-6-20-8-13(16,17)18)7-9-3-2-4-11(14)12(9)15/h2-4,10,19H,5-8H2,1H3. The third-order valence-electron chi connectivity index (χ3n) is 2.78. The van der Waals surface area contributed by atoms with Crippen LogP contribution in [0.15, 0.2) is 18.2 Å². The number of benzene rings is 1. The van der Waals surface area contributed by atoms with Crippen molar-refractivity contribution in [3.05, 3.63) is 33.8 Å². The van der Waals surface area contributed by atoms with Crippen molar-refractivity contribution < 1.29 is 17.9 Å². The zero-order valence-electron chi connectivity index (χ0n) is 10.9. The maximum absolute atomic E-state index is 11.9. The fraction of sp³-hybridized carbons (Fsp3) is 0.538. The molecule has 1 aromatic rings. The lowest BCUT2D eigenvalue weighted by Gasteiger charge is -2.17. The number of likely N-dealkylation sites (N-methyl/N-ethyl adjacent to an activating group) is 1. The van der Waals surface area contributed by atoms with E-state index in [1.807, 2.05) is 6.07 Å². The van der Waals surface area contributed by atoms with Gasteiger partial charge in [0.25, 0.3) is 0 Å². The van der Waals surface area contributed by atoms with Crippen LogP contribution in [0.1, 0.15) is 12.0 Å². The van der Waals surface area contributed by atoms with Gasteiger partial charge in [-0.3, -0.25) is 0 Å². The summed E-state index contributed by atoms with van der Waals surface area (Å²) in [6, 6.07) is 5.29. The summed E-state index contributed by atoms with van der Waals surface area (Å²) in [6.45, 7) is -1.19. The van der Waals surface area contributed by atoms with Crippen LogP contribution in [0.25, 0.3) is 0 Å². The van der Waals surface area contributed by atoms with Gasteiger partial charge >= 0.3 is 6.18 Å². The highest BCUT2D eigenvalue weighted by Crippen LogP contribution is 2.26. The predicted octanol–water partition coefficient (Wildman–Crippen LogP) is 4.09. The average Bonchev–Trinajstić information content (AvgIpc) is 2.37. The summed E-state index contributed by atoms with van der Waals surface area (Å²) in [7, 11) is 1.74. The van der Waals surface area contributed by atoms with Gasteiger partial charge in [-0.15, -0.1) is 0 Å². The van der Waals surface area contributed by atoms with Gasteiger partial charge in [-0.25, -0.2) is 0 Å². The summed E-state index contributed by atoms with van der Waals surface area (Å²) in [5, 5.41) is 3.97. The predicted molar refractivity (Wildman–Crippen MR) is 74.5 cm³/mol. The smallest absolute Gasteiger partial charge is 0.372 e. The largest absolute Gasteiger partial charge is 0.411 e. The van der Waals surface area contributed by atoms with Crippen molar-refractivity contribution >= 4 is 23.2 Å². The molecule has 1 N–H and O–H groups in total. The summed E-state index contributed by atoms with van der Waals surface area (Å²) in [5.74, 6) is 0. The fourth-order valence-electron chi connectivity index (χ4n) is 1.73. The molecule has 0 aromatic heterocycles. The summed E-state index contributed by atoms with van der Waals surface area (Å²) >= 11 is 12.0. The molecule has 114 valence electrons. The molecule has 1 atom stereocenters. The minimum Gasteiger partial charge on any atom is -0.372 e. The number of halogens is 5. The van der Waals surface area contributed by atoms with Gasteiger partial charge in [-0.1, -0.05) is 35.3 Å². The molecule has 7 heteroatoms. The summed E-state index contributed by atoms with van der Waals surface area (Å²) in [5.41, 5.74) is 0.856. The molecule has 0 aliphatic rings. The van der Waals surface area contributed by atoms with Crippen molar-refractivity contribution in [1.29, 1.82) is 0 Å². The molecule has 0 heterocycles. The molecule has 1 unspecified atom stereocenters. The summed E-state index contributed by atoms with van der Waals surface area (Å²) in [4.78, 5) is 0. The molecule has 0 aliphatic carbocycles. The third-order valence-corrected chi connectivity index (χ3v) is 3.64. The van der Waals surface area contributed by atoms with E-state index in [9.17, 15) is 13.2 Å². The van der Waals surface area contributed by atoms with Gasteiger partial charge in [0.05, 0.1) is 10.0 Å². The van der Waals surface area contributed by atoms with Crippen LogP contribution < -0.4 is 5.32 Å². The Balaban J connectivity index is 2.45. The van der Waals surface area contributed by atoms with Crippen molar-refractivity contribution in [3.63, 3.8) is 0 Å². The van der Waals surface area contributed by atoms with E-state index in [-0.39, 0.29) is 12.6 Å². The summed E-state index contributed by atoms with van der Waals surface area (Å²) in [6.07, 6.45) is -3.26. The SMILES string of the molecule is CNC(CCOCC(F)(F)F)Cc1cccc(Cl)c1Cl. The molecule has 2 nitrogen and oxygen atoms in total. The van der Waals surface area contributed by atoms with E-state index < -0.39 is 12.8 Å². The van der Waals surface area contributed by atoms with E-state index >= 15 is 0 Å². The van der Waals surface area contributed by atoms with Crippen LogP contribution >= 0.6 is 23.2 Å². The first-order valence-corrected chi connectivity index (χ1v) is 6.83. The van der Waals surface area contributed by atoms with Gasteiger partial charge in [-0.05, 0) is 31.5 Å². The first-order valence-electron chi connectivity index (χ1n) is 6.08. The highest BCUT2D eigenvalue weighted by Gasteiger charge is 2.27. The Hall–Kier alpha value is -0.490. The highest BCUT2D eigenvalue weighted by molar-refractivity contribution is 6.42. The van der Waals surface area contributed by atoms with Gasteiger partial charge in [0.2, 0.25) is 0 Å². The van der Waals surface area contributed by atoms with Gasteiger partial charge in [0.15, 0.2) is 0 Å². The van der Waals surface area contributed by atoms with Crippen LogP contribution in [0.4, 0.5) is 13.2 Å². The molecule has 1 rings (SSSR count). The Morgan fingerprint density at radius 3 is 2.60 bits per heavy atom. The lowest BCUT2D eigenvalue weighted by molar-refractivity contribution is -0.174. The quantitative estimate of drug-likeness (QED) is 0.760. The molecule has 20 heavy (non-hydrogen) atoms. The van der Waals surface area contributed by atoms with E-state index in [4.69, 9.17) is 23.2 Å². The van der Waals surface area contributed by atoms with E-state index in [1.165, 1.54) is 0 Å². The molecule has 0 amide bonds. The average molecular weight is 330 g/mol. The van der Waals surface area contributed by atoms with Gasteiger partial charge < -0.3 is 10.1 Å². The zero-order valence-corrected chi connectivity index (χ0v) is 12.4. The van der Waals surface area contributed by atoms with Crippen LogP contribution in [0.5, 0.6) is 0 Å². The van der Waals surface area contributed by atoms with Crippen molar-refractivity contribution in [1.82, 2.24) is 5.32 Å². The minimum absolute atomic E-state index is 0.0285. The Labute approximate surface area is 126 Å². The molecule has 1 aromatic carbocycles. The van der Waals surface area contributed by atoms with Gasteiger partial charge in [0.1, 0.15) is 6.61 Å². The van der Waals surface area contributed by atoms with Gasteiger partial charge in [-0.2, -0.15) is 13.2 Å². The van der Waals surface area contributed by atoms with Crippen molar-refractivity contribution in [3.8, 4) is 0 Å². The number of hydrogen-bond donors (Lipinski definition) is 1. The number of hydrogen-bond acceptors (Lipinski definition) is 2. The molecular formula is C13H16Cl2F3NO. The first kappa shape index (κ1) is 17.6. The normalized spacial score (nSPS) is 13.5. The molecule has 0 bridgehead atoms. The maximum atomic E-state index is 11.9. The van der Waals surface area contributed by atoms with Crippen LogP contribution in [0, 0.1) is 0 Å². The number of ether oxygens (including phenoxy) is 1. The van der Waals surface area contributed by atoms with E-state index in [1.54, 1.807) is 19.2 Å². The minimum atomic E-state index is -4.29. The topological polar surface area (TPSA) is 21.3 Å². The lowest BCUT2D eigenvalue weighted by atomic mass is 10.0. The van der Waals surface area contributed by atoms with E-state index in [0.29, 0.717) is 22.9 Å². The molecule has 0 radical (unpaired) electrons. The second-order valence-corrected chi connectivity index (χ2v) is 5.14. The van der Waals surface area contributed by atoms with Crippen LogP contribution in [-0.4, -0.2) is 32.5 Å². The Morgan fingerprint density at radius 1 is 1.30 bits per heavy atom. The second-order valence-electron chi connectivity index (χ2n) is 4.36. The number of rotatable bonds is 7. The Kier molecular flexibility index (Phi) is 7.09. The zero-order chi connectivity index (χ0) is 15.2. The van der Waals surface area contributed by atoms with Gasteiger partial charge in [0, 0.05) is 12.6 Å². The molecule has 0 saturated carbocycles. The van der Waals surface area contributed by atoms with E-state index in [2.05, 4.69) is 10.1 Å². The van der Waals surface area contributed by atoms with Crippen molar-refractivity contribution in [2.45, 2.75) is 25.1 Å². The van der Waals surface area contributed by atoms with Crippen molar-refractivity contribution in [2.75, 3.05) is 20.3 Å². The van der Waals surface area contributed by atoms with Crippen LogP contribution in [-0.2, 0) is 11.2 Å². The lowest BCUT2D eigenvalue weighted by Crippen LogP contribution is -2.30. The molecular weight excluding hydrogens is 314 g/mol. The van der Waals surface area contributed by atoms with Crippen molar-refractivity contribution in [2.24, 2.45) is 0 Å². The van der Waals surface area contributed by atoms with E-state index in [0.717, 1.165) is 5.56 Å². The fourth-order valence-corrected chi connectivity index (χ4v) is 2.13. The first-order chi connectivity index (χ1) is 9.33. The summed E-state index contributed by atoms with van der Waals surface area (Å²) < 4.78 is 40.4. The molecule has 0 fully saturated rings. The highest BCUT2D eigenvalue weighted by atomic mass is 35.5. The molecule has 0 saturated heterocycles. The number of alkyl halides is 3. The maximum Gasteiger partial charge on any atom is 0.411 e. The Morgan fingerprint density at radius 2 is 2.00 bits per heavy atom. The Bertz CT molecular complexity index is 427. The van der Waals surface area contributed by atoms with Crippen LogP contribution in [0.2, 0.25) is 10.0 Å². The second kappa shape index (κ2) is 8.08. The third kappa shape index (κ3) is 6.31. The molecule has 0 spiro atoms.